The van der Waals surface area contributed by atoms with Gasteiger partial charge in [-0.3, -0.25) is 4.79 Å². The normalized spacial score (nSPS) is 17.5. The molecular formula is C21H24BrNO4. The number of amides is 1. The number of benzene rings is 2. The Morgan fingerprint density at radius 2 is 1.81 bits per heavy atom. The van der Waals surface area contributed by atoms with E-state index in [0.29, 0.717) is 17.2 Å². The number of likely N-dealkylation sites (tertiary alicyclic amines) is 1. The summed E-state index contributed by atoms with van der Waals surface area (Å²) in [5.41, 5.74) is 1.05. The fourth-order valence-corrected chi connectivity index (χ4v) is 3.70. The number of nitrogens with zero attached hydrogens (tertiary/aromatic N) is 1. The molecule has 1 fully saturated rings. The average Bonchev–Trinajstić information content (AvgIpc) is 3.18. The van der Waals surface area contributed by atoms with Gasteiger partial charge in [0.1, 0.15) is 5.75 Å². The maximum Gasteiger partial charge on any atom is 0.263 e. The molecule has 3 rings (SSSR count). The lowest BCUT2D eigenvalue weighted by Crippen LogP contribution is -2.40. The Kier molecular flexibility index (Phi) is 6.26. The molecule has 2 aromatic carbocycles. The zero-order valence-corrected chi connectivity index (χ0v) is 17.4. The van der Waals surface area contributed by atoms with Gasteiger partial charge in [-0.2, -0.15) is 0 Å². The van der Waals surface area contributed by atoms with Crippen molar-refractivity contribution in [2.45, 2.75) is 31.9 Å². The van der Waals surface area contributed by atoms with Crippen molar-refractivity contribution >= 4 is 21.8 Å². The van der Waals surface area contributed by atoms with Gasteiger partial charge in [-0.05, 0) is 61.7 Å². The highest BCUT2D eigenvalue weighted by molar-refractivity contribution is 9.10. The van der Waals surface area contributed by atoms with Crippen LogP contribution in [0.25, 0.3) is 0 Å². The molecule has 6 heteroatoms. The van der Waals surface area contributed by atoms with E-state index >= 15 is 0 Å². The first-order valence-corrected chi connectivity index (χ1v) is 9.77. The second kappa shape index (κ2) is 8.65. The first-order chi connectivity index (χ1) is 13.0. The van der Waals surface area contributed by atoms with Gasteiger partial charge in [0.15, 0.2) is 17.6 Å². The van der Waals surface area contributed by atoms with Crippen LogP contribution in [-0.4, -0.2) is 37.7 Å². The van der Waals surface area contributed by atoms with Crippen molar-refractivity contribution in [2.75, 3.05) is 20.8 Å². The van der Waals surface area contributed by atoms with Crippen LogP contribution in [0, 0.1) is 0 Å². The number of hydrogen-bond donors (Lipinski definition) is 0. The predicted molar refractivity (Wildman–Crippen MR) is 107 cm³/mol. The third-order valence-corrected chi connectivity index (χ3v) is 5.33. The lowest BCUT2D eigenvalue weighted by Gasteiger charge is -2.28. The molecule has 0 aromatic heterocycles. The van der Waals surface area contributed by atoms with Crippen LogP contribution in [0.15, 0.2) is 46.9 Å². The van der Waals surface area contributed by atoms with Crippen LogP contribution in [-0.2, 0) is 4.79 Å². The second-order valence-corrected chi connectivity index (χ2v) is 7.43. The molecular weight excluding hydrogens is 410 g/mol. The van der Waals surface area contributed by atoms with Gasteiger partial charge in [-0.25, -0.2) is 0 Å². The van der Waals surface area contributed by atoms with Crippen molar-refractivity contribution in [3.8, 4) is 17.2 Å². The van der Waals surface area contributed by atoms with E-state index in [2.05, 4.69) is 15.9 Å². The minimum absolute atomic E-state index is 0.00444. The fraction of sp³-hybridized carbons (Fsp3) is 0.381. The van der Waals surface area contributed by atoms with Crippen LogP contribution >= 0.6 is 15.9 Å². The van der Waals surface area contributed by atoms with Gasteiger partial charge in [-0.15, -0.1) is 0 Å². The highest BCUT2D eigenvalue weighted by atomic mass is 79.9. The minimum Gasteiger partial charge on any atom is -0.493 e. The maximum atomic E-state index is 13.0. The zero-order valence-electron chi connectivity index (χ0n) is 15.8. The minimum atomic E-state index is -0.549. The molecule has 0 aliphatic carbocycles. The van der Waals surface area contributed by atoms with Gasteiger partial charge in [0.25, 0.3) is 5.91 Å². The van der Waals surface area contributed by atoms with Gasteiger partial charge >= 0.3 is 0 Å². The van der Waals surface area contributed by atoms with Gasteiger partial charge in [0.2, 0.25) is 0 Å². The molecule has 1 heterocycles. The monoisotopic (exact) mass is 433 g/mol. The van der Waals surface area contributed by atoms with Gasteiger partial charge in [0, 0.05) is 11.0 Å². The molecule has 1 aliphatic heterocycles. The van der Waals surface area contributed by atoms with Crippen LogP contribution in [0.4, 0.5) is 0 Å². The van der Waals surface area contributed by atoms with E-state index < -0.39 is 6.10 Å². The van der Waals surface area contributed by atoms with Gasteiger partial charge in [0.05, 0.1) is 20.3 Å². The molecule has 0 spiro atoms. The molecule has 0 N–H and O–H groups in total. The summed E-state index contributed by atoms with van der Waals surface area (Å²) in [5.74, 6) is 2.04. The first-order valence-electron chi connectivity index (χ1n) is 8.98. The number of ether oxygens (including phenoxy) is 3. The molecule has 1 aliphatic rings. The Bertz CT molecular complexity index is 793. The number of hydrogen-bond acceptors (Lipinski definition) is 4. The van der Waals surface area contributed by atoms with Crippen LogP contribution in [0.5, 0.6) is 17.2 Å². The Hall–Kier alpha value is -2.21. The summed E-state index contributed by atoms with van der Waals surface area (Å²) in [7, 11) is 3.23. The fourth-order valence-electron chi connectivity index (χ4n) is 3.44. The molecule has 2 atom stereocenters. The second-order valence-electron chi connectivity index (χ2n) is 6.52. The Morgan fingerprint density at radius 1 is 1.11 bits per heavy atom. The smallest absolute Gasteiger partial charge is 0.263 e. The van der Waals surface area contributed by atoms with Crippen LogP contribution in [0.3, 0.4) is 0 Å². The zero-order chi connectivity index (χ0) is 19.4. The molecule has 27 heavy (non-hydrogen) atoms. The largest absolute Gasteiger partial charge is 0.493 e. The maximum absolute atomic E-state index is 13.0. The van der Waals surface area contributed by atoms with Crippen molar-refractivity contribution < 1.29 is 19.0 Å². The number of carbonyl (C=O) groups excluding carboxylic acids is 1. The van der Waals surface area contributed by atoms with Crippen molar-refractivity contribution in [1.82, 2.24) is 4.90 Å². The summed E-state index contributed by atoms with van der Waals surface area (Å²) in [6.07, 6.45) is 1.34. The summed E-state index contributed by atoms with van der Waals surface area (Å²) in [4.78, 5) is 14.9. The Balaban J connectivity index is 1.75. The molecule has 1 saturated heterocycles. The summed E-state index contributed by atoms with van der Waals surface area (Å²) in [5, 5.41) is 0. The Morgan fingerprint density at radius 3 is 2.48 bits per heavy atom. The Labute approximate surface area is 168 Å². The lowest BCUT2D eigenvalue weighted by atomic mass is 10.0. The summed E-state index contributed by atoms with van der Waals surface area (Å²) < 4.78 is 17.5. The van der Waals surface area contributed by atoms with Crippen molar-refractivity contribution in [3.63, 3.8) is 0 Å². The van der Waals surface area contributed by atoms with E-state index in [1.165, 1.54) is 0 Å². The van der Waals surface area contributed by atoms with Crippen molar-refractivity contribution in [3.05, 3.63) is 52.5 Å². The van der Waals surface area contributed by atoms with Crippen LogP contribution < -0.4 is 14.2 Å². The third-order valence-electron chi connectivity index (χ3n) is 4.80. The van der Waals surface area contributed by atoms with Gasteiger partial charge in [-0.1, -0.05) is 22.0 Å². The molecule has 1 amide bonds. The van der Waals surface area contributed by atoms with Crippen molar-refractivity contribution in [1.29, 1.82) is 0 Å². The molecule has 2 aromatic rings. The number of rotatable bonds is 6. The van der Waals surface area contributed by atoms with Gasteiger partial charge < -0.3 is 19.1 Å². The predicted octanol–water partition coefficient (Wildman–Crippen LogP) is 4.60. The SMILES string of the molecule is COc1ccc([C@H]2CCCN2C(=O)[C@@H](C)Oc2ccc(Br)cc2)cc1OC. The number of methoxy groups -OCH3 is 2. The van der Waals surface area contributed by atoms with Crippen LogP contribution in [0.1, 0.15) is 31.4 Å². The van der Waals surface area contributed by atoms with Crippen molar-refractivity contribution in [2.24, 2.45) is 0 Å². The van der Waals surface area contributed by atoms with E-state index in [1.54, 1.807) is 21.1 Å². The quantitative estimate of drug-likeness (QED) is 0.667. The van der Waals surface area contributed by atoms with E-state index in [-0.39, 0.29) is 11.9 Å². The van der Waals surface area contributed by atoms with Crippen LogP contribution in [0.2, 0.25) is 0 Å². The van der Waals surface area contributed by atoms with E-state index in [9.17, 15) is 4.79 Å². The summed E-state index contributed by atoms with van der Waals surface area (Å²) >= 11 is 3.40. The third kappa shape index (κ3) is 4.38. The molecule has 0 unspecified atom stereocenters. The lowest BCUT2D eigenvalue weighted by molar-refractivity contribution is -0.138. The topological polar surface area (TPSA) is 48.0 Å². The molecule has 5 nitrogen and oxygen atoms in total. The summed E-state index contributed by atoms with van der Waals surface area (Å²) in [6, 6.07) is 13.4. The molecule has 0 bridgehead atoms. The number of carbonyl (C=O) groups is 1. The summed E-state index contributed by atoms with van der Waals surface area (Å²) in [6.45, 7) is 2.53. The van der Waals surface area contributed by atoms with E-state index in [4.69, 9.17) is 14.2 Å². The highest BCUT2D eigenvalue weighted by Crippen LogP contribution is 2.37. The first kappa shape index (κ1) is 19.5. The number of halogens is 1. The highest BCUT2D eigenvalue weighted by Gasteiger charge is 2.33. The standard InChI is InChI=1S/C21H24BrNO4/c1-14(27-17-9-7-16(22)8-10-17)21(24)23-12-4-5-18(23)15-6-11-19(25-2)20(13-15)26-3/h6-11,13-14,18H,4-5,12H2,1-3H3/t14-,18-/m1/s1. The molecule has 0 radical (unpaired) electrons. The van der Waals surface area contributed by atoms with E-state index in [0.717, 1.165) is 29.4 Å². The molecule has 144 valence electrons. The van der Waals surface area contributed by atoms with E-state index in [1.807, 2.05) is 47.4 Å². The average molecular weight is 434 g/mol. The molecule has 0 saturated carbocycles.